The average Bonchev–Trinajstić information content (AvgIpc) is 2.81. The summed E-state index contributed by atoms with van der Waals surface area (Å²) in [4.78, 5) is 28.4. The van der Waals surface area contributed by atoms with Gasteiger partial charge in [-0.2, -0.15) is 10.1 Å². The van der Waals surface area contributed by atoms with Gasteiger partial charge in [-0.25, -0.2) is 4.68 Å². The van der Waals surface area contributed by atoms with Gasteiger partial charge in [0.25, 0.3) is 0 Å². The first-order chi connectivity index (χ1) is 10.4. The Morgan fingerprint density at radius 2 is 2.14 bits per heavy atom. The molecule has 2 aromatic rings. The monoisotopic (exact) mass is 299 g/mol. The van der Waals surface area contributed by atoms with E-state index in [-0.39, 0.29) is 18.2 Å². The molecule has 1 atom stereocenters. The van der Waals surface area contributed by atoms with Gasteiger partial charge in [0, 0.05) is 5.69 Å². The number of rotatable bonds is 2. The molecule has 0 unspecified atom stereocenters. The molecule has 0 bridgehead atoms. The summed E-state index contributed by atoms with van der Waals surface area (Å²) in [7, 11) is 0. The Labute approximate surface area is 127 Å². The van der Waals surface area contributed by atoms with Crippen molar-refractivity contribution in [1.82, 2.24) is 14.8 Å². The second kappa shape index (κ2) is 5.25. The predicted molar refractivity (Wildman–Crippen MR) is 81.6 cm³/mol. The van der Waals surface area contributed by atoms with Crippen LogP contribution in [0.15, 0.2) is 18.2 Å². The molecule has 0 saturated heterocycles. The number of benzene rings is 1. The molecule has 7 nitrogen and oxygen atoms in total. The topological polar surface area (TPSA) is 88.9 Å². The molecule has 2 N–H and O–H groups in total. The van der Waals surface area contributed by atoms with Crippen LogP contribution in [0.5, 0.6) is 0 Å². The van der Waals surface area contributed by atoms with Crippen LogP contribution in [-0.2, 0) is 9.59 Å². The van der Waals surface area contributed by atoms with Gasteiger partial charge in [0.1, 0.15) is 11.9 Å². The number of carbonyl (C=O) groups is 2. The van der Waals surface area contributed by atoms with Gasteiger partial charge in [0.05, 0.1) is 6.42 Å². The van der Waals surface area contributed by atoms with E-state index in [4.69, 9.17) is 0 Å². The van der Waals surface area contributed by atoms with Gasteiger partial charge < -0.3 is 5.32 Å². The molecule has 1 aliphatic heterocycles. The first-order valence-electron chi connectivity index (χ1n) is 7.05. The summed E-state index contributed by atoms with van der Waals surface area (Å²) in [6.07, 6.45) is 0.0481. The summed E-state index contributed by atoms with van der Waals surface area (Å²) in [5, 5.41) is 9.70. The molecular formula is C15H17N5O2. The highest BCUT2D eigenvalue weighted by molar-refractivity contribution is 6.01. The quantitative estimate of drug-likeness (QED) is 0.883. The van der Waals surface area contributed by atoms with Crippen molar-refractivity contribution in [3.05, 3.63) is 35.2 Å². The molecule has 0 spiro atoms. The van der Waals surface area contributed by atoms with Crippen LogP contribution in [0.3, 0.4) is 0 Å². The molecule has 7 heteroatoms. The second-order valence-corrected chi connectivity index (χ2v) is 5.50. The smallest absolute Gasteiger partial charge is 0.249 e. The molecule has 1 aliphatic rings. The van der Waals surface area contributed by atoms with Gasteiger partial charge in [-0.1, -0.05) is 12.1 Å². The maximum absolute atomic E-state index is 12.6. The lowest BCUT2D eigenvalue weighted by atomic mass is 10.1. The van der Waals surface area contributed by atoms with E-state index in [0.29, 0.717) is 11.8 Å². The Morgan fingerprint density at radius 3 is 2.91 bits per heavy atom. The summed E-state index contributed by atoms with van der Waals surface area (Å²) in [5.41, 5.74) is 2.77. The maximum atomic E-state index is 12.6. The van der Waals surface area contributed by atoms with Gasteiger partial charge in [-0.3, -0.25) is 14.9 Å². The fourth-order valence-electron chi connectivity index (χ4n) is 2.46. The molecular weight excluding hydrogens is 282 g/mol. The van der Waals surface area contributed by atoms with Crippen LogP contribution < -0.4 is 10.6 Å². The van der Waals surface area contributed by atoms with Crippen LogP contribution in [0.1, 0.15) is 29.4 Å². The highest BCUT2D eigenvalue weighted by atomic mass is 16.2. The average molecular weight is 299 g/mol. The first kappa shape index (κ1) is 14.2. The third-order valence-corrected chi connectivity index (χ3v) is 3.62. The minimum Gasteiger partial charge on any atom is -0.324 e. The number of anilines is 2. The van der Waals surface area contributed by atoms with Gasteiger partial charge in [0.15, 0.2) is 0 Å². The van der Waals surface area contributed by atoms with Crippen molar-refractivity contribution in [3.63, 3.8) is 0 Å². The summed E-state index contributed by atoms with van der Waals surface area (Å²) in [6, 6.07) is 5.15. The Bertz CT molecular complexity index is 765. The van der Waals surface area contributed by atoms with Gasteiger partial charge >= 0.3 is 0 Å². The fourth-order valence-corrected chi connectivity index (χ4v) is 2.46. The Kier molecular flexibility index (Phi) is 3.40. The van der Waals surface area contributed by atoms with Crippen LogP contribution in [0.25, 0.3) is 0 Å². The largest absolute Gasteiger partial charge is 0.324 e. The summed E-state index contributed by atoms with van der Waals surface area (Å²) in [6.45, 7) is 5.60. The number of aromatic nitrogens is 3. The molecule has 1 aromatic heterocycles. The standard InChI is InChI=1S/C15H17N5O2/c1-8-4-5-9(2)11(6-8)17-14(22)12-7-13(21)18-15-16-10(3)19-20(12)15/h4-6,12H,7H2,1-3H3,(H,17,22)(H,16,18,19,21)/t12-/m1/s1. The number of hydrogen-bond acceptors (Lipinski definition) is 4. The van der Waals surface area contributed by atoms with Crippen LogP contribution in [-0.4, -0.2) is 26.6 Å². The van der Waals surface area contributed by atoms with Crippen molar-refractivity contribution in [3.8, 4) is 0 Å². The van der Waals surface area contributed by atoms with Crippen molar-refractivity contribution >= 4 is 23.5 Å². The zero-order valence-electron chi connectivity index (χ0n) is 12.7. The number of carbonyl (C=O) groups excluding carboxylic acids is 2. The van der Waals surface area contributed by atoms with E-state index >= 15 is 0 Å². The Balaban J connectivity index is 1.89. The van der Waals surface area contributed by atoms with E-state index in [0.717, 1.165) is 16.8 Å². The van der Waals surface area contributed by atoms with Crippen molar-refractivity contribution in [2.24, 2.45) is 0 Å². The normalized spacial score (nSPS) is 16.9. The van der Waals surface area contributed by atoms with Gasteiger partial charge in [0.2, 0.25) is 17.8 Å². The Morgan fingerprint density at radius 1 is 1.36 bits per heavy atom. The third kappa shape index (κ3) is 2.57. The lowest BCUT2D eigenvalue weighted by molar-refractivity contribution is -0.125. The fraction of sp³-hybridized carbons (Fsp3) is 0.333. The number of aryl methyl sites for hydroxylation is 3. The lowest BCUT2D eigenvalue weighted by Gasteiger charge is -2.23. The summed E-state index contributed by atoms with van der Waals surface area (Å²) < 4.78 is 1.47. The van der Waals surface area contributed by atoms with Crippen LogP contribution >= 0.6 is 0 Å². The number of nitrogens with zero attached hydrogens (tertiary/aromatic N) is 3. The van der Waals surface area contributed by atoms with E-state index in [9.17, 15) is 9.59 Å². The summed E-state index contributed by atoms with van der Waals surface area (Å²) in [5.74, 6) is 0.326. The van der Waals surface area contributed by atoms with E-state index in [1.165, 1.54) is 4.68 Å². The van der Waals surface area contributed by atoms with Crippen molar-refractivity contribution in [2.45, 2.75) is 33.2 Å². The lowest BCUT2D eigenvalue weighted by Crippen LogP contribution is -2.36. The van der Waals surface area contributed by atoms with Gasteiger partial charge in [-0.05, 0) is 38.0 Å². The zero-order valence-corrected chi connectivity index (χ0v) is 12.7. The molecule has 22 heavy (non-hydrogen) atoms. The predicted octanol–water partition coefficient (Wildman–Crippen LogP) is 1.73. The maximum Gasteiger partial charge on any atom is 0.249 e. The van der Waals surface area contributed by atoms with E-state index in [1.807, 2.05) is 32.0 Å². The SMILES string of the molecule is Cc1ccc(C)c(NC(=O)[C@H]2CC(=O)Nc3nc(C)nn32)c1. The highest BCUT2D eigenvalue weighted by Gasteiger charge is 2.32. The van der Waals surface area contributed by atoms with Gasteiger partial charge in [-0.15, -0.1) is 0 Å². The first-order valence-corrected chi connectivity index (χ1v) is 7.05. The molecule has 1 aromatic carbocycles. The number of hydrogen-bond donors (Lipinski definition) is 2. The third-order valence-electron chi connectivity index (χ3n) is 3.62. The molecule has 0 radical (unpaired) electrons. The van der Waals surface area contributed by atoms with Crippen molar-refractivity contribution in [1.29, 1.82) is 0 Å². The van der Waals surface area contributed by atoms with Crippen LogP contribution in [0, 0.1) is 20.8 Å². The second-order valence-electron chi connectivity index (χ2n) is 5.50. The number of amides is 2. The van der Waals surface area contributed by atoms with Crippen LogP contribution in [0.2, 0.25) is 0 Å². The van der Waals surface area contributed by atoms with Crippen molar-refractivity contribution < 1.29 is 9.59 Å². The minimum absolute atomic E-state index is 0.0481. The Hall–Kier alpha value is -2.70. The van der Waals surface area contributed by atoms with E-state index < -0.39 is 6.04 Å². The number of nitrogens with one attached hydrogen (secondary N) is 2. The van der Waals surface area contributed by atoms with Crippen molar-refractivity contribution in [2.75, 3.05) is 10.6 Å². The molecule has 0 saturated carbocycles. The molecule has 2 heterocycles. The zero-order chi connectivity index (χ0) is 15.9. The van der Waals surface area contributed by atoms with Crippen LogP contribution in [0.4, 0.5) is 11.6 Å². The van der Waals surface area contributed by atoms with E-state index in [1.54, 1.807) is 6.92 Å². The number of fused-ring (bicyclic) bond motifs is 1. The molecule has 0 aliphatic carbocycles. The van der Waals surface area contributed by atoms with E-state index in [2.05, 4.69) is 20.7 Å². The molecule has 114 valence electrons. The molecule has 2 amide bonds. The molecule has 0 fully saturated rings. The highest BCUT2D eigenvalue weighted by Crippen LogP contribution is 2.25. The minimum atomic E-state index is -0.690. The molecule has 3 rings (SSSR count). The summed E-state index contributed by atoms with van der Waals surface area (Å²) >= 11 is 0.